The summed E-state index contributed by atoms with van der Waals surface area (Å²) in [5, 5.41) is 30.4. The third-order valence-electron chi connectivity index (χ3n) is 3.89. The second-order valence-corrected chi connectivity index (χ2v) is 6.83. The van der Waals surface area contributed by atoms with E-state index in [4.69, 9.17) is 9.84 Å². The summed E-state index contributed by atoms with van der Waals surface area (Å²) in [7, 11) is 0. The van der Waals surface area contributed by atoms with E-state index in [0.29, 0.717) is 11.3 Å². The van der Waals surface area contributed by atoms with E-state index in [1.807, 2.05) is 0 Å². The lowest BCUT2D eigenvalue weighted by Crippen LogP contribution is -2.00. The zero-order valence-corrected chi connectivity index (χ0v) is 14.8. The summed E-state index contributed by atoms with van der Waals surface area (Å²) in [4.78, 5) is 21.5. The third kappa shape index (κ3) is 4.60. The maximum Gasteiger partial charge on any atom is 0.349 e. The van der Waals surface area contributed by atoms with Gasteiger partial charge in [0.1, 0.15) is 5.75 Å². The molecule has 2 aromatic rings. The van der Waals surface area contributed by atoms with Crippen LogP contribution in [0, 0.1) is 10.1 Å². The van der Waals surface area contributed by atoms with Gasteiger partial charge >= 0.3 is 11.7 Å². The number of hydrogen-bond donors (Lipinski definition) is 2. The number of rotatable bonds is 10. The normalized spacial score (nSPS) is 10.9. The quantitative estimate of drug-likeness (QED) is 0.349. The van der Waals surface area contributed by atoms with Crippen LogP contribution in [0.4, 0.5) is 5.69 Å². The summed E-state index contributed by atoms with van der Waals surface area (Å²) in [5.74, 6) is -1.61. The average molecular weight is 367 g/mol. The first-order chi connectivity index (χ1) is 12.0. The molecule has 0 bridgehead atoms. The van der Waals surface area contributed by atoms with E-state index in [1.165, 1.54) is 31.4 Å². The molecular formula is C17H21NO6S. The number of unbranched alkanes of at least 4 members (excludes halogenated alkanes) is 5. The van der Waals surface area contributed by atoms with Crippen LogP contribution in [0.15, 0.2) is 12.1 Å². The van der Waals surface area contributed by atoms with Gasteiger partial charge in [-0.05, 0) is 6.42 Å². The van der Waals surface area contributed by atoms with Crippen LogP contribution in [0.3, 0.4) is 0 Å². The average Bonchev–Trinajstić information content (AvgIpc) is 2.89. The molecule has 25 heavy (non-hydrogen) atoms. The van der Waals surface area contributed by atoms with Gasteiger partial charge in [0.05, 0.1) is 11.5 Å². The van der Waals surface area contributed by atoms with Crippen molar-refractivity contribution < 1.29 is 24.7 Å². The van der Waals surface area contributed by atoms with Gasteiger partial charge in [0.25, 0.3) is 0 Å². The Hall–Kier alpha value is -2.35. The highest BCUT2D eigenvalue weighted by Gasteiger charge is 2.23. The van der Waals surface area contributed by atoms with Gasteiger partial charge < -0.3 is 14.9 Å². The number of nitrogens with zero attached hydrogens (tertiary/aromatic N) is 1. The molecule has 8 heteroatoms. The van der Waals surface area contributed by atoms with E-state index in [0.717, 1.165) is 30.6 Å². The number of aromatic carboxylic acids is 1. The molecule has 0 saturated heterocycles. The number of carbonyl (C=O) groups is 1. The number of carboxylic acids is 1. The Kier molecular flexibility index (Phi) is 6.58. The van der Waals surface area contributed by atoms with E-state index >= 15 is 0 Å². The minimum absolute atomic E-state index is 0.101. The summed E-state index contributed by atoms with van der Waals surface area (Å²) in [5.41, 5.74) is -0.275. The molecule has 2 N–H and O–H groups in total. The first kappa shape index (κ1) is 19.0. The van der Waals surface area contributed by atoms with Crippen molar-refractivity contribution in [3.05, 3.63) is 27.1 Å². The van der Waals surface area contributed by atoms with Gasteiger partial charge in [-0.25, -0.2) is 4.79 Å². The van der Waals surface area contributed by atoms with Gasteiger partial charge in [-0.15, -0.1) is 11.3 Å². The molecule has 0 saturated carbocycles. The minimum atomic E-state index is -1.27. The molecule has 0 spiro atoms. The van der Waals surface area contributed by atoms with Gasteiger partial charge in [0.2, 0.25) is 0 Å². The number of thiophene rings is 1. The van der Waals surface area contributed by atoms with E-state index in [2.05, 4.69) is 6.92 Å². The summed E-state index contributed by atoms with van der Waals surface area (Å²) in [6.07, 6.45) is 6.47. The highest BCUT2D eigenvalue weighted by molar-refractivity contribution is 7.21. The molecule has 0 aliphatic rings. The fourth-order valence-corrected chi connectivity index (χ4v) is 3.51. The predicted molar refractivity (Wildman–Crippen MR) is 96.0 cm³/mol. The maximum atomic E-state index is 11.3. The second-order valence-electron chi connectivity index (χ2n) is 5.77. The zero-order valence-electron chi connectivity index (χ0n) is 14.0. The van der Waals surface area contributed by atoms with Crippen LogP contribution in [-0.2, 0) is 0 Å². The van der Waals surface area contributed by atoms with E-state index in [-0.39, 0.29) is 21.7 Å². The molecular weight excluding hydrogens is 346 g/mol. The molecule has 0 amide bonds. The lowest BCUT2D eigenvalue weighted by Gasteiger charge is -2.07. The Morgan fingerprint density at radius 3 is 2.56 bits per heavy atom. The minimum Gasteiger partial charge on any atom is -0.505 e. The van der Waals surface area contributed by atoms with Crippen LogP contribution in [0.1, 0.15) is 55.1 Å². The molecule has 2 rings (SSSR count). The molecule has 136 valence electrons. The monoisotopic (exact) mass is 367 g/mol. The SMILES string of the molecule is CCCCCCCCOc1cc2sc(C(=O)O)c(O)c2cc1[N+](=O)[O-]. The fraction of sp³-hybridized carbons (Fsp3) is 0.471. The topological polar surface area (TPSA) is 110 Å². The molecule has 0 atom stereocenters. The Labute approximate surface area is 149 Å². The molecule has 0 aliphatic heterocycles. The van der Waals surface area contributed by atoms with Crippen molar-refractivity contribution >= 4 is 33.1 Å². The van der Waals surface area contributed by atoms with Crippen molar-refractivity contribution in [2.45, 2.75) is 45.4 Å². The van der Waals surface area contributed by atoms with Crippen LogP contribution in [0.2, 0.25) is 0 Å². The zero-order chi connectivity index (χ0) is 18.4. The van der Waals surface area contributed by atoms with Gasteiger partial charge in [-0.3, -0.25) is 10.1 Å². The summed E-state index contributed by atoms with van der Waals surface area (Å²) in [6.45, 7) is 2.51. The van der Waals surface area contributed by atoms with Crippen molar-refractivity contribution in [3.8, 4) is 11.5 Å². The number of hydrogen-bond acceptors (Lipinski definition) is 6. The molecule has 0 unspecified atom stereocenters. The number of nitro groups is 1. The van der Waals surface area contributed by atoms with Gasteiger partial charge in [-0.2, -0.15) is 0 Å². The van der Waals surface area contributed by atoms with Gasteiger partial charge in [0, 0.05) is 22.2 Å². The summed E-state index contributed by atoms with van der Waals surface area (Å²) >= 11 is 0.867. The van der Waals surface area contributed by atoms with Gasteiger partial charge in [-0.1, -0.05) is 39.0 Å². The number of carboxylic acid groups (broad SMARTS) is 1. The first-order valence-corrected chi connectivity index (χ1v) is 9.07. The van der Waals surface area contributed by atoms with Crippen LogP contribution >= 0.6 is 11.3 Å². The summed E-state index contributed by atoms with van der Waals surface area (Å²) in [6, 6.07) is 2.60. The van der Waals surface area contributed by atoms with Gasteiger partial charge in [0.15, 0.2) is 10.6 Å². The van der Waals surface area contributed by atoms with E-state index < -0.39 is 16.6 Å². The van der Waals surface area contributed by atoms with Crippen molar-refractivity contribution in [1.82, 2.24) is 0 Å². The van der Waals surface area contributed by atoms with E-state index in [9.17, 15) is 20.0 Å². The highest BCUT2D eigenvalue weighted by atomic mass is 32.1. The second kappa shape index (κ2) is 8.66. The third-order valence-corrected chi connectivity index (χ3v) is 5.02. The largest absolute Gasteiger partial charge is 0.505 e. The number of fused-ring (bicyclic) bond motifs is 1. The Morgan fingerprint density at radius 1 is 1.24 bits per heavy atom. The number of aromatic hydroxyl groups is 1. The molecule has 0 fully saturated rings. The number of ether oxygens (including phenoxy) is 1. The molecule has 0 radical (unpaired) electrons. The van der Waals surface area contributed by atoms with Crippen molar-refractivity contribution in [2.24, 2.45) is 0 Å². The van der Waals surface area contributed by atoms with Crippen LogP contribution < -0.4 is 4.74 Å². The predicted octanol–water partition coefficient (Wildman–Crippen LogP) is 4.95. The maximum absolute atomic E-state index is 11.3. The molecule has 1 aromatic heterocycles. The number of nitro benzene ring substituents is 1. The lowest BCUT2D eigenvalue weighted by molar-refractivity contribution is -0.385. The molecule has 1 aromatic carbocycles. The summed E-state index contributed by atoms with van der Waals surface area (Å²) < 4.78 is 6.00. The van der Waals surface area contributed by atoms with Crippen molar-refractivity contribution in [1.29, 1.82) is 0 Å². The lowest BCUT2D eigenvalue weighted by atomic mass is 10.1. The van der Waals surface area contributed by atoms with Crippen LogP contribution in [0.5, 0.6) is 11.5 Å². The molecule has 0 aliphatic carbocycles. The molecule has 7 nitrogen and oxygen atoms in total. The van der Waals surface area contributed by atoms with Crippen molar-refractivity contribution in [3.63, 3.8) is 0 Å². The standard InChI is InChI=1S/C17H21NO6S/c1-2-3-4-5-6-7-8-24-13-10-14-11(9-12(13)18(22)23)15(19)16(25-14)17(20)21/h9-10,19H,2-8H2,1H3,(H,20,21). The smallest absolute Gasteiger partial charge is 0.349 e. The highest BCUT2D eigenvalue weighted by Crippen LogP contribution is 2.42. The Morgan fingerprint density at radius 2 is 1.92 bits per heavy atom. The first-order valence-electron chi connectivity index (χ1n) is 8.25. The number of benzene rings is 1. The Bertz CT molecular complexity index is 770. The molecule has 1 heterocycles. The van der Waals surface area contributed by atoms with Crippen LogP contribution in [-0.4, -0.2) is 27.7 Å². The fourth-order valence-electron chi connectivity index (χ4n) is 2.57. The van der Waals surface area contributed by atoms with E-state index in [1.54, 1.807) is 0 Å². The van der Waals surface area contributed by atoms with Crippen LogP contribution in [0.25, 0.3) is 10.1 Å². The van der Waals surface area contributed by atoms with Crippen molar-refractivity contribution in [2.75, 3.05) is 6.61 Å². The Balaban J connectivity index is 2.13.